The van der Waals surface area contributed by atoms with Gasteiger partial charge in [-0.2, -0.15) is 0 Å². The van der Waals surface area contributed by atoms with E-state index in [0.29, 0.717) is 12.2 Å². The van der Waals surface area contributed by atoms with E-state index in [0.717, 1.165) is 17.5 Å². The third-order valence-corrected chi connectivity index (χ3v) is 4.38. The molecule has 0 bridgehead atoms. The van der Waals surface area contributed by atoms with Crippen molar-refractivity contribution >= 4 is 16.9 Å². The van der Waals surface area contributed by atoms with Crippen molar-refractivity contribution in [1.29, 1.82) is 0 Å². The van der Waals surface area contributed by atoms with Gasteiger partial charge in [-0.3, -0.25) is 0 Å². The molecule has 0 radical (unpaired) electrons. The number of hydrogen-bond donors (Lipinski definition) is 2. The molecular formula is C23H27NO4. The Kier molecular flexibility index (Phi) is 6.05. The monoisotopic (exact) mass is 381 g/mol. The molecule has 5 heteroatoms. The van der Waals surface area contributed by atoms with Gasteiger partial charge in [0.25, 0.3) is 0 Å². The molecule has 0 saturated carbocycles. The van der Waals surface area contributed by atoms with Gasteiger partial charge in [0.15, 0.2) is 6.61 Å². The molecule has 0 fully saturated rings. The number of aryl methyl sites for hydroxylation is 1. The Bertz CT molecular complexity index is 939. The summed E-state index contributed by atoms with van der Waals surface area (Å²) in [6.45, 7) is 5.28. The minimum absolute atomic E-state index is 0.161. The zero-order valence-electron chi connectivity index (χ0n) is 16.6. The summed E-state index contributed by atoms with van der Waals surface area (Å²) in [4.78, 5) is 15.1. The minimum atomic E-state index is -0.612. The van der Waals surface area contributed by atoms with E-state index in [1.165, 1.54) is 10.9 Å². The van der Waals surface area contributed by atoms with Crippen molar-refractivity contribution in [2.75, 3.05) is 6.61 Å². The van der Waals surface area contributed by atoms with Crippen molar-refractivity contribution in [3.05, 3.63) is 65.9 Å². The molecule has 2 aromatic carbocycles. The molecule has 5 nitrogen and oxygen atoms in total. The van der Waals surface area contributed by atoms with Crippen LogP contribution in [0.3, 0.4) is 0 Å². The van der Waals surface area contributed by atoms with Gasteiger partial charge in [-0.1, -0.05) is 30.3 Å². The van der Waals surface area contributed by atoms with Crippen molar-refractivity contribution in [2.24, 2.45) is 0 Å². The number of aliphatic hydroxyl groups excluding tert-OH is 1. The van der Waals surface area contributed by atoms with Crippen LogP contribution in [0.25, 0.3) is 10.9 Å². The summed E-state index contributed by atoms with van der Waals surface area (Å²) in [5, 5.41) is 11.8. The number of rotatable bonds is 7. The van der Waals surface area contributed by atoms with Crippen LogP contribution in [-0.2, 0) is 16.0 Å². The summed E-state index contributed by atoms with van der Waals surface area (Å²) < 4.78 is 10.8. The number of carbonyl (C=O) groups excluding carboxylic acids is 1. The van der Waals surface area contributed by atoms with Crippen LogP contribution in [0.2, 0.25) is 0 Å². The first-order valence-electron chi connectivity index (χ1n) is 9.49. The normalized spacial score (nSPS) is 12.7. The lowest BCUT2D eigenvalue weighted by atomic mass is 10.0. The molecule has 1 unspecified atom stereocenters. The second-order valence-corrected chi connectivity index (χ2v) is 7.86. The van der Waals surface area contributed by atoms with Gasteiger partial charge < -0.3 is 19.6 Å². The fraction of sp³-hybridized carbons (Fsp3) is 0.348. The van der Waals surface area contributed by atoms with Gasteiger partial charge in [0, 0.05) is 17.1 Å². The Labute approximate surface area is 165 Å². The number of para-hydroxylation sites is 1. The molecule has 1 atom stereocenters. The molecule has 1 aromatic heterocycles. The molecule has 0 aliphatic carbocycles. The van der Waals surface area contributed by atoms with Crippen LogP contribution in [0.5, 0.6) is 5.75 Å². The van der Waals surface area contributed by atoms with E-state index in [4.69, 9.17) is 9.47 Å². The molecule has 0 amide bonds. The van der Waals surface area contributed by atoms with Gasteiger partial charge in [0.05, 0.1) is 6.10 Å². The lowest BCUT2D eigenvalue weighted by Crippen LogP contribution is -2.27. The maximum atomic E-state index is 11.8. The first-order valence-corrected chi connectivity index (χ1v) is 9.49. The smallest absolute Gasteiger partial charge is 0.344 e. The number of aromatic nitrogens is 1. The Morgan fingerprint density at radius 3 is 2.71 bits per heavy atom. The number of fused-ring (bicyclic) bond motifs is 1. The maximum absolute atomic E-state index is 11.8. The lowest BCUT2D eigenvalue weighted by molar-refractivity contribution is -0.157. The number of ether oxygens (including phenoxy) is 2. The quantitative estimate of drug-likeness (QED) is 0.589. The number of hydrogen-bond acceptors (Lipinski definition) is 4. The van der Waals surface area contributed by atoms with Gasteiger partial charge in [0.1, 0.15) is 11.4 Å². The van der Waals surface area contributed by atoms with E-state index in [1.54, 1.807) is 12.1 Å². The first kappa shape index (κ1) is 20.0. The summed E-state index contributed by atoms with van der Waals surface area (Å²) >= 11 is 0. The van der Waals surface area contributed by atoms with Crippen LogP contribution < -0.4 is 4.74 Å². The molecule has 1 heterocycles. The van der Waals surface area contributed by atoms with Crippen LogP contribution in [0.4, 0.5) is 0 Å². The molecule has 2 N–H and O–H groups in total. The summed E-state index contributed by atoms with van der Waals surface area (Å²) in [7, 11) is 0. The molecule has 3 aromatic rings. The first-order chi connectivity index (χ1) is 13.3. The van der Waals surface area contributed by atoms with Crippen molar-refractivity contribution in [2.45, 2.75) is 45.3 Å². The highest BCUT2D eigenvalue weighted by atomic mass is 16.6. The van der Waals surface area contributed by atoms with Gasteiger partial charge >= 0.3 is 5.97 Å². The molecule has 148 valence electrons. The molecule has 3 rings (SSSR count). The van der Waals surface area contributed by atoms with E-state index in [-0.39, 0.29) is 6.61 Å². The highest BCUT2D eigenvalue weighted by Crippen LogP contribution is 2.25. The van der Waals surface area contributed by atoms with E-state index in [9.17, 15) is 9.90 Å². The van der Waals surface area contributed by atoms with Crippen LogP contribution >= 0.6 is 0 Å². The second-order valence-electron chi connectivity index (χ2n) is 7.86. The molecular weight excluding hydrogens is 354 g/mol. The number of aromatic amines is 1. The average Bonchev–Trinajstić information content (AvgIpc) is 3.06. The maximum Gasteiger partial charge on any atom is 0.344 e. The van der Waals surface area contributed by atoms with Crippen molar-refractivity contribution in [3.63, 3.8) is 0 Å². The zero-order valence-corrected chi connectivity index (χ0v) is 16.6. The molecule has 0 aliphatic heterocycles. The minimum Gasteiger partial charge on any atom is -0.482 e. The van der Waals surface area contributed by atoms with E-state index >= 15 is 0 Å². The highest BCUT2D eigenvalue weighted by molar-refractivity contribution is 5.83. The van der Waals surface area contributed by atoms with Crippen LogP contribution in [0.1, 0.15) is 44.4 Å². The Balaban J connectivity index is 1.57. The lowest BCUT2D eigenvalue weighted by Gasteiger charge is -2.19. The summed E-state index contributed by atoms with van der Waals surface area (Å²) in [6, 6.07) is 15.3. The Morgan fingerprint density at radius 2 is 1.93 bits per heavy atom. The summed E-state index contributed by atoms with van der Waals surface area (Å²) in [5.41, 5.74) is 2.51. The van der Waals surface area contributed by atoms with Gasteiger partial charge in [-0.15, -0.1) is 0 Å². The van der Waals surface area contributed by atoms with E-state index in [2.05, 4.69) is 11.1 Å². The third kappa shape index (κ3) is 5.36. The molecule has 28 heavy (non-hydrogen) atoms. The number of carbonyl (C=O) groups is 1. The standard InChI is InChI=1S/C23H27NO4/c1-23(2,3)28-22(26)15-27-18-8-6-7-16(13-18)21(25)12-11-17-14-24-20-10-5-4-9-19(17)20/h4-10,13-14,21,24-25H,11-12,15H2,1-3H3. The largest absolute Gasteiger partial charge is 0.482 e. The number of H-pyrrole nitrogens is 1. The predicted molar refractivity (Wildman–Crippen MR) is 109 cm³/mol. The van der Waals surface area contributed by atoms with Crippen LogP contribution in [0, 0.1) is 0 Å². The number of nitrogens with one attached hydrogen (secondary N) is 1. The fourth-order valence-electron chi connectivity index (χ4n) is 3.12. The summed E-state index contributed by atoms with van der Waals surface area (Å²) in [5.74, 6) is 0.118. The van der Waals surface area contributed by atoms with Gasteiger partial charge in [-0.25, -0.2) is 4.79 Å². The third-order valence-electron chi connectivity index (χ3n) is 4.38. The van der Waals surface area contributed by atoms with Gasteiger partial charge in [-0.05, 0) is 62.9 Å². The SMILES string of the molecule is CC(C)(C)OC(=O)COc1cccc(C(O)CCc2c[nH]c3ccccc23)c1. The van der Waals surface area contributed by atoms with Crippen LogP contribution in [0.15, 0.2) is 54.7 Å². The average molecular weight is 381 g/mol. The Hall–Kier alpha value is -2.79. The number of esters is 1. The number of benzene rings is 2. The van der Waals surface area contributed by atoms with E-state index < -0.39 is 17.7 Å². The molecule has 0 saturated heterocycles. The van der Waals surface area contributed by atoms with E-state index in [1.807, 2.05) is 57.3 Å². The highest BCUT2D eigenvalue weighted by Gasteiger charge is 2.17. The zero-order chi connectivity index (χ0) is 20.1. The predicted octanol–water partition coefficient (Wildman–Crippen LogP) is 4.55. The van der Waals surface area contributed by atoms with Gasteiger partial charge in [0.2, 0.25) is 0 Å². The topological polar surface area (TPSA) is 71.6 Å². The summed E-state index contributed by atoms with van der Waals surface area (Å²) in [6.07, 6.45) is 2.74. The Morgan fingerprint density at radius 1 is 1.14 bits per heavy atom. The van der Waals surface area contributed by atoms with Crippen LogP contribution in [-0.4, -0.2) is 28.3 Å². The molecule has 0 spiro atoms. The van der Waals surface area contributed by atoms with Crippen molar-refractivity contribution in [1.82, 2.24) is 4.98 Å². The number of aliphatic hydroxyl groups is 1. The molecule has 0 aliphatic rings. The van der Waals surface area contributed by atoms with Crippen molar-refractivity contribution in [3.8, 4) is 5.75 Å². The van der Waals surface area contributed by atoms with Crippen molar-refractivity contribution < 1.29 is 19.4 Å². The second kappa shape index (κ2) is 8.48. The fourth-order valence-corrected chi connectivity index (χ4v) is 3.12.